The third-order valence-electron chi connectivity index (χ3n) is 7.00. The van der Waals surface area contributed by atoms with Crippen LogP contribution in [-0.2, 0) is 30.8 Å². The normalized spacial score (nSPS) is 13.0. The van der Waals surface area contributed by atoms with Gasteiger partial charge in [0.2, 0.25) is 0 Å². The molecule has 0 spiro atoms. The Morgan fingerprint density at radius 3 is 2.00 bits per heavy atom. The summed E-state index contributed by atoms with van der Waals surface area (Å²) in [5.41, 5.74) is 5.97. The number of methoxy groups -OCH3 is 1. The van der Waals surface area contributed by atoms with Crippen molar-refractivity contribution in [2.45, 2.75) is 30.2 Å². The molecule has 0 heterocycles. The highest BCUT2D eigenvalue weighted by atomic mass is 32.2. The fourth-order valence-corrected chi connectivity index (χ4v) is 5.84. The summed E-state index contributed by atoms with van der Waals surface area (Å²) in [5.74, 6) is -0.636. The molecule has 8 nitrogen and oxygen atoms in total. The molecule has 1 N–H and O–H groups in total. The van der Waals surface area contributed by atoms with Crippen LogP contribution in [0.5, 0.6) is 5.75 Å². The number of carbonyl (C=O) groups is 2. The molecule has 0 fully saturated rings. The Kier molecular flexibility index (Phi) is 8.07. The van der Waals surface area contributed by atoms with Crippen LogP contribution in [0, 0.1) is 6.92 Å². The number of nitrogens with one attached hydrogen (secondary N) is 1. The number of benzene rings is 4. The Hall–Kier alpha value is -4.63. The molecule has 0 aromatic heterocycles. The fraction of sp³-hybridized carbons (Fsp3) is 0.188. The Labute approximate surface area is 239 Å². The Bertz CT molecular complexity index is 1620. The average Bonchev–Trinajstić information content (AvgIpc) is 3.30. The summed E-state index contributed by atoms with van der Waals surface area (Å²) < 4.78 is 40.9. The Morgan fingerprint density at radius 1 is 0.829 bits per heavy atom. The summed E-state index contributed by atoms with van der Waals surface area (Å²) in [6.07, 6.45) is -0.645. The van der Waals surface area contributed by atoms with E-state index in [1.165, 1.54) is 31.4 Å². The molecule has 5 rings (SSSR count). The van der Waals surface area contributed by atoms with Gasteiger partial charge in [0.05, 0.1) is 7.11 Å². The van der Waals surface area contributed by atoms with Gasteiger partial charge < -0.3 is 19.0 Å². The number of aryl methyl sites for hydroxylation is 1. The molecule has 0 saturated heterocycles. The first kappa shape index (κ1) is 27.9. The molecule has 4 aromatic carbocycles. The zero-order valence-corrected chi connectivity index (χ0v) is 23.4. The van der Waals surface area contributed by atoms with Gasteiger partial charge in [-0.05, 0) is 59.0 Å². The zero-order valence-electron chi connectivity index (χ0n) is 22.6. The lowest BCUT2D eigenvalue weighted by atomic mass is 9.98. The number of rotatable bonds is 9. The molecule has 0 aliphatic heterocycles. The predicted molar refractivity (Wildman–Crippen MR) is 153 cm³/mol. The van der Waals surface area contributed by atoms with Crippen molar-refractivity contribution in [3.8, 4) is 16.9 Å². The molecule has 0 bridgehead atoms. The molecule has 1 aliphatic carbocycles. The zero-order chi connectivity index (χ0) is 29.0. The lowest BCUT2D eigenvalue weighted by molar-refractivity contribution is -0.143. The molecule has 4 aromatic rings. The van der Waals surface area contributed by atoms with Crippen molar-refractivity contribution in [2.75, 3.05) is 13.7 Å². The average molecular weight is 572 g/mol. The van der Waals surface area contributed by atoms with Crippen LogP contribution in [0.1, 0.15) is 28.2 Å². The number of hydrogen-bond donors (Lipinski definition) is 1. The van der Waals surface area contributed by atoms with E-state index in [0.29, 0.717) is 5.56 Å². The van der Waals surface area contributed by atoms with E-state index < -0.39 is 28.2 Å². The topological polar surface area (TPSA) is 108 Å². The number of esters is 1. The lowest BCUT2D eigenvalue weighted by Gasteiger charge is -2.19. The van der Waals surface area contributed by atoms with E-state index >= 15 is 0 Å². The van der Waals surface area contributed by atoms with Gasteiger partial charge in [0, 0.05) is 12.3 Å². The van der Waals surface area contributed by atoms with Crippen molar-refractivity contribution in [3.05, 3.63) is 119 Å². The Morgan fingerprint density at radius 2 is 1.41 bits per heavy atom. The summed E-state index contributed by atoms with van der Waals surface area (Å²) in [4.78, 5) is 25.3. The van der Waals surface area contributed by atoms with Gasteiger partial charge in [-0.15, -0.1) is 0 Å². The van der Waals surface area contributed by atoms with Crippen molar-refractivity contribution in [2.24, 2.45) is 0 Å². The highest BCUT2D eigenvalue weighted by Crippen LogP contribution is 2.44. The van der Waals surface area contributed by atoms with E-state index in [2.05, 4.69) is 17.4 Å². The fourth-order valence-electron chi connectivity index (χ4n) is 4.91. The number of carbonyl (C=O) groups excluding carboxylic acids is 2. The molecular weight excluding hydrogens is 542 g/mol. The standard InChI is InChI=1S/C32H29NO7S/c1-21-11-17-24(18-12-21)41(36,37)40-23-15-13-22(14-16-23)19-30(31(34)38-2)33-32(35)39-20-29-27-9-5-3-7-25(27)26-8-4-6-10-28(26)29/h3-18,29-30H,19-20H2,1-2H3,(H,33,35)/t30-/m0/s1. The molecule has 1 aliphatic rings. The maximum absolute atomic E-state index is 12.8. The number of hydrogen-bond acceptors (Lipinski definition) is 7. The number of alkyl carbamates (subject to hydrolysis) is 1. The largest absolute Gasteiger partial charge is 0.467 e. The van der Waals surface area contributed by atoms with E-state index in [0.717, 1.165) is 27.8 Å². The molecule has 1 atom stereocenters. The summed E-state index contributed by atoms with van der Waals surface area (Å²) >= 11 is 0. The van der Waals surface area contributed by atoms with Gasteiger partial charge in [-0.25, -0.2) is 9.59 Å². The van der Waals surface area contributed by atoms with Gasteiger partial charge in [0.1, 0.15) is 23.3 Å². The van der Waals surface area contributed by atoms with Crippen molar-refractivity contribution in [3.63, 3.8) is 0 Å². The van der Waals surface area contributed by atoms with E-state index in [1.54, 1.807) is 24.3 Å². The molecule has 9 heteroatoms. The third kappa shape index (κ3) is 6.25. The van der Waals surface area contributed by atoms with E-state index in [4.69, 9.17) is 13.7 Å². The number of fused-ring (bicyclic) bond motifs is 3. The first-order valence-corrected chi connectivity index (χ1v) is 14.5. The molecule has 41 heavy (non-hydrogen) atoms. The van der Waals surface area contributed by atoms with Crippen LogP contribution in [0.4, 0.5) is 4.79 Å². The van der Waals surface area contributed by atoms with Crippen molar-refractivity contribution < 1.29 is 31.7 Å². The van der Waals surface area contributed by atoms with Gasteiger partial charge in [0.25, 0.3) is 0 Å². The van der Waals surface area contributed by atoms with Crippen LogP contribution in [0.3, 0.4) is 0 Å². The smallest absolute Gasteiger partial charge is 0.407 e. The highest BCUT2D eigenvalue weighted by molar-refractivity contribution is 7.87. The number of ether oxygens (including phenoxy) is 2. The molecule has 0 radical (unpaired) electrons. The van der Waals surface area contributed by atoms with Crippen LogP contribution < -0.4 is 9.50 Å². The second-order valence-corrected chi connectivity index (χ2v) is 11.3. The number of amides is 1. The minimum Gasteiger partial charge on any atom is -0.467 e. The SMILES string of the molecule is COC(=O)[C@H](Cc1ccc(OS(=O)(=O)c2ccc(C)cc2)cc1)NC(=O)OCC1c2ccccc2-c2ccccc21. The van der Waals surface area contributed by atoms with Gasteiger partial charge in [0.15, 0.2) is 0 Å². The van der Waals surface area contributed by atoms with Crippen molar-refractivity contribution in [1.29, 1.82) is 0 Å². The molecular formula is C32H29NO7S. The minimum absolute atomic E-state index is 0.0465. The monoisotopic (exact) mass is 571 g/mol. The molecule has 1 amide bonds. The summed E-state index contributed by atoms with van der Waals surface area (Å²) in [6, 6.07) is 27.6. The van der Waals surface area contributed by atoms with Gasteiger partial charge >= 0.3 is 22.2 Å². The van der Waals surface area contributed by atoms with Crippen molar-refractivity contribution in [1.82, 2.24) is 5.32 Å². The van der Waals surface area contributed by atoms with Crippen LogP contribution in [-0.4, -0.2) is 40.2 Å². The van der Waals surface area contributed by atoms with Crippen LogP contribution in [0.15, 0.2) is 102 Å². The van der Waals surface area contributed by atoms with Crippen molar-refractivity contribution >= 4 is 22.2 Å². The summed E-state index contributed by atoms with van der Waals surface area (Å²) in [6.45, 7) is 1.97. The van der Waals surface area contributed by atoms with E-state index in [1.807, 2.05) is 43.3 Å². The first-order valence-electron chi connectivity index (χ1n) is 13.0. The van der Waals surface area contributed by atoms with Gasteiger partial charge in [-0.3, -0.25) is 0 Å². The third-order valence-corrected chi connectivity index (χ3v) is 8.26. The molecule has 0 saturated carbocycles. The van der Waals surface area contributed by atoms with Gasteiger partial charge in [-0.1, -0.05) is 78.4 Å². The maximum atomic E-state index is 12.8. The van der Waals surface area contributed by atoms with E-state index in [-0.39, 0.29) is 29.6 Å². The predicted octanol–water partition coefficient (Wildman–Crippen LogP) is 5.39. The maximum Gasteiger partial charge on any atom is 0.407 e. The Balaban J connectivity index is 1.22. The quantitative estimate of drug-likeness (QED) is 0.212. The van der Waals surface area contributed by atoms with Crippen LogP contribution in [0.25, 0.3) is 11.1 Å². The molecule has 0 unspecified atom stereocenters. The van der Waals surface area contributed by atoms with Crippen LogP contribution in [0.2, 0.25) is 0 Å². The summed E-state index contributed by atoms with van der Waals surface area (Å²) in [5, 5.41) is 2.60. The minimum atomic E-state index is -4.00. The van der Waals surface area contributed by atoms with E-state index in [9.17, 15) is 18.0 Å². The lowest BCUT2D eigenvalue weighted by Crippen LogP contribution is -2.43. The van der Waals surface area contributed by atoms with Crippen LogP contribution >= 0.6 is 0 Å². The first-order chi connectivity index (χ1) is 19.7. The summed E-state index contributed by atoms with van der Waals surface area (Å²) in [7, 11) is -2.76. The molecule has 210 valence electrons. The second-order valence-electron chi connectivity index (χ2n) is 9.74. The van der Waals surface area contributed by atoms with Gasteiger partial charge in [-0.2, -0.15) is 8.42 Å². The highest BCUT2D eigenvalue weighted by Gasteiger charge is 2.30. The second kappa shape index (κ2) is 11.9.